The van der Waals surface area contributed by atoms with Crippen molar-refractivity contribution in [3.8, 4) is 5.75 Å². The Labute approximate surface area is 226 Å². The van der Waals surface area contributed by atoms with Crippen LogP contribution in [0.5, 0.6) is 5.75 Å². The SMILES string of the molecule is CC1(C)C=Cc2cccc(CN3CCC4(CC3)CCN(C(=O)c3ccncc3)CC4)c2O1.O=C(O)C(F)(F)F. The molecule has 0 saturated carbocycles. The van der Waals surface area contributed by atoms with Crippen molar-refractivity contribution < 1.29 is 32.6 Å². The van der Waals surface area contributed by atoms with Gasteiger partial charge in [0.15, 0.2) is 0 Å². The zero-order chi connectivity index (χ0) is 28.3. The molecule has 4 heterocycles. The van der Waals surface area contributed by atoms with E-state index in [1.54, 1.807) is 12.4 Å². The monoisotopic (exact) mass is 545 g/mol. The molecule has 1 spiro atoms. The number of amides is 1. The summed E-state index contributed by atoms with van der Waals surface area (Å²) in [4.78, 5) is 30.3. The van der Waals surface area contributed by atoms with Gasteiger partial charge in [-0.2, -0.15) is 13.2 Å². The fraction of sp³-hybridized carbons (Fsp3) is 0.483. The number of benzene rings is 1. The van der Waals surface area contributed by atoms with Gasteiger partial charge < -0.3 is 14.7 Å². The second-order valence-electron chi connectivity index (χ2n) is 11.0. The predicted molar refractivity (Wildman–Crippen MR) is 140 cm³/mol. The molecule has 3 aliphatic heterocycles. The number of para-hydroxylation sites is 1. The van der Waals surface area contributed by atoms with E-state index in [9.17, 15) is 18.0 Å². The van der Waals surface area contributed by atoms with Crippen LogP contribution in [0, 0.1) is 5.41 Å². The number of aromatic nitrogens is 1. The third-order valence-electron chi connectivity index (χ3n) is 7.75. The van der Waals surface area contributed by atoms with Gasteiger partial charge >= 0.3 is 12.1 Å². The van der Waals surface area contributed by atoms with Gasteiger partial charge in [-0.25, -0.2) is 4.79 Å². The van der Waals surface area contributed by atoms with Crippen molar-refractivity contribution >= 4 is 18.0 Å². The number of carbonyl (C=O) groups excluding carboxylic acids is 1. The first kappa shape index (κ1) is 28.6. The topological polar surface area (TPSA) is 83.0 Å². The molecule has 0 radical (unpaired) electrons. The molecule has 0 aliphatic carbocycles. The molecule has 1 aromatic heterocycles. The summed E-state index contributed by atoms with van der Waals surface area (Å²) in [6.07, 6.45) is 7.28. The number of pyridine rings is 1. The van der Waals surface area contributed by atoms with Crippen LogP contribution in [0.4, 0.5) is 13.2 Å². The van der Waals surface area contributed by atoms with Crippen LogP contribution in [0.1, 0.15) is 61.0 Å². The average Bonchev–Trinajstić information content (AvgIpc) is 2.90. The van der Waals surface area contributed by atoms with Gasteiger partial charge in [0.25, 0.3) is 5.91 Å². The molecular formula is C29H34F3N3O4. The quantitative estimate of drug-likeness (QED) is 0.555. The minimum Gasteiger partial charge on any atom is -0.483 e. The number of nitrogens with zero attached hydrogens (tertiary/aromatic N) is 3. The van der Waals surface area contributed by atoms with Gasteiger partial charge in [0.1, 0.15) is 11.4 Å². The van der Waals surface area contributed by atoms with Crippen molar-refractivity contribution in [1.29, 1.82) is 0 Å². The Kier molecular flexibility index (Phi) is 8.34. The van der Waals surface area contributed by atoms with Crippen LogP contribution in [-0.4, -0.2) is 69.7 Å². The number of rotatable bonds is 3. The van der Waals surface area contributed by atoms with Crippen molar-refractivity contribution in [2.24, 2.45) is 5.41 Å². The van der Waals surface area contributed by atoms with Gasteiger partial charge in [-0.1, -0.05) is 24.3 Å². The summed E-state index contributed by atoms with van der Waals surface area (Å²) in [6.45, 7) is 9.11. The van der Waals surface area contributed by atoms with Crippen molar-refractivity contribution in [2.75, 3.05) is 26.2 Å². The first-order valence-corrected chi connectivity index (χ1v) is 13.1. The second-order valence-corrected chi connectivity index (χ2v) is 11.0. The van der Waals surface area contributed by atoms with Crippen molar-refractivity contribution in [1.82, 2.24) is 14.8 Å². The van der Waals surface area contributed by atoms with Crippen LogP contribution in [-0.2, 0) is 11.3 Å². The second kappa shape index (κ2) is 11.4. The molecule has 2 aromatic rings. The van der Waals surface area contributed by atoms with Gasteiger partial charge in [-0.3, -0.25) is 14.7 Å². The molecule has 2 fully saturated rings. The molecule has 1 aromatic carbocycles. The standard InChI is InChI=1S/C27H33N3O2.C2HF3O2/c1-26(2)9-6-21-4-3-5-23(24(21)32-26)20-29-16-10-27(11-17-29)12-18-30(19-13-27)25(31)22-7-14-28-15-8-22;3-2(4,5)1(6)7/h3-9,14-15H,10-13,16-20H2,1-2H3;(H,6,7). The zero-order valence-corrected chi connectivity index (χ0v) is 22.2. The van der Waals surface area contributed by atoms with E-state index in [2.05, 4.69) is 54.1 Å². The van der Waals surface area contributed by atoms with Gasteiger partial charge in [0, 0.05) is 48.7 Å². The van der Waals surface area contributed by atoms with Gasteiger partial charge in [-0.05, 0) is 76.2 Å². The molecule has 5 rings (SSSR count). The molecule has 1 amide bonds. The largest absolute Gasteiger partial charge is 0.490 e. The predicted octanol–water partition coefficient (Wildman–Crippen LogP) is 5.42. The highest BCUT2D eigenvalue weighted by Crippen LogP contribution is 2.42. The molecule has 0 atom stereocenters. The first-order chi connectivity index (χ1) is 18.4. The Bertz CT molecular complexity index is 1200. The number of fused-ring (bicyclic) bond motifs is 1. The maximum Gasteiger partial charge on any atom is 0.490 e. The van der Waals surface area contributed by atoms with Crippen LogP contribution >= 0.6 is 0 Å². The third-order valence-corrected chi connectivity index (χ3v) is 7.75. The van der Waals surface area contributed by atoms with Gasteiger partial charge in [-0.15, -0.1) is 0 Å². The molecule has 0 unspecified atom stereocenters. The lowest BCUT2D eigenvalue weighted by Gasteiger charge is -2.47. The summed E-state index contributed by atoms with van der Waals surface area (Å²) in [6, 6.07) is 10.1. The Morgan fingerprint density at radius 1 is 1.00 bits per heavy atom. The van der Waals surface area contributed by atoms with E-state index in [0.29, 0.717) is 5.41 Å². The van der Waals surface area contributed by atoms with E-state index in [1.165, 1.54) is 24.0 Å². The molecule has 7 nitrogen and oxygen atoms in total. The lowest BCUT2D eigenvalue weighted by atomic mass is 9.71. The third kappa shape index (κ3) is 7.17. The van der Waals surface area contributed by atoms with Crippen molar-refractivity contribution in [3.05, 3.63) is 65.5 Å². The summed E-state index contributed by atoms with van der Waals surface area (Å²) in [5, 5.41) is 7.12. The summed E-state index contributed by atoms with van der Waals surface area (Å²) in [5.41, 5.74) is 3.35. The summed E-state index contributed by atoms with van der Waals surface area (Å²) in [7, 11) is 0. The number of alkyl halides is 3. The van der Waals surface area contributed by atoms with Crippen molar-refractivity contribution in [3.63, 3.8) is 0 Å². The number of aliphatic carboxylic acids is 1. The number of likely N-dealkylation sites (tertiary alicyclic amines) is 2. The van der Waals surface area contributed by atoms with Crippen LogP contribution in [0.3, 0.4) is 0 Å². The van der Waals surface area contributed by atoms with Crippen molar-refractivity contribution in [2.45, 2.75) is 57.9 Å². The van der Waals surface area contributed by atoms with E-state index in [0.717, 1.165) is 56.9 Å². The van der Waals surface area contributed by atoms with E-state index >= 15 is 0 Å². The molecule has 2 saturated heterocycles. The van der Waals surface area contributed by atoms with Crippen LogP contribution in [0.15, 0.2) is 48.8 Å². The summed E-state index contributed by atoms with van der Waals surface area (Å²) in [5.74, 6) is -1.57. The minimum atomic E-state index is -5.08. The average molecular weight is 546 g/mol. The molecule has 1 N–H and O–H groups in total. The van der Waals surface area contributed by atoms with E-state index < -0.39 is 12.1 Å². The Hall–Kier alpha value is -3.40. The molecule has 3 aliphatic rings. The van der Waals surface area contributed by atoms with E-state index in [4.69, 9.17) is 14.6 Å². The van der Waals surface area contributed by atoms with Gasteiger partial charge in [0.2, 0.25) is 0 Å². The first-order valence-electron chi connectivity index (χ1n) is 13.1. The number of ether oxygens (including phenoxy) is 1. The van der Waals surface area contributed by atoms with E-state index in [1.807, 2.05) is 17.0 Å². The molecule has 0 bridgehead atoms. The number of piperidine rings is 2. The molecule has 10 heteroatoms. The molecule has 39 heavy (non-hydrogen) atoms. The highest BCUT2D eigenvalue weighted by molar-refractivity contribution is 5.94. The normalized spacial score (nSPS) is 19.9. The smallest absolute Gasteiger partial charge is 0.483 e. The Morgan fingerprint density at radius 3 is 2.18 bits per heavy atom. The number of carboxylic acids is 1. The van der Waals surface area contributed by atoms with Crippen LogP contribution in [0.25, 0.3) is 6.08 Å². The Balaban J connectivity index is 0.000000448. The maximum atomic E-state index is 12.8. The van der Waals surface area contributed by atoms with Crippen LogP contribution < -0.4 is 4.74 Å². The Morgan fingerprint density at radius 2 is 1.59 bits per heavy atom. The summed E-state index contributed by atoms with van der Waals surface area (Å²) >= 11 is 0. The number of carboxylic acid groups (broad SMARTS) is 1. The number of hydrogen-bond acceptors (Lipinski definition) is 5. The number of hydrogen-bond donors (Lipinski definition) is 1. The highest BCUT2D eigenvalue weighted by Gasteiger charge is 2.39. The highest BCUT2D eigenvalue weighted by atomic mass is 19.4. The fourth-order valence-corrected chi connectivity index (χ4v) is 5.36. The summed E-state index contributed by atoms with van der Waals surface area (Å²) < 4.78 is 38.1. The lowest BCUT2D eigenvalue weighted by molar-refractivity contribution is -0.192. The van der Waals surface area contributed by atoms with Crippen LogP contribution in [0.2, 0.25) is 0 Å². The molecular weight excluding hydrogens is 511 g/mol. The fourth-order valence-electron chi connectivity index (χ4n) is 5.36. The number of halogens is 3. The maximum absolute atomic E-state index is 12.8. The van der Waals surface area contributed by atoms with E-state index in [-0.39, 0.29) is 11.5 Å². The van der Waals surface area contributed by atoms with Gasteiger partial charge in [0.05, 0.1) is 0 Å². The number of carbonyl (C=O) groups is 2. The lowest BCUT2D eigenvalue weighted by Crippen LogP contribution is -2.48. The molecule has 210 valence electrons. The minimum absolute atomic E-state index is 0.144. The zero-order valence-electron chi connectivity index (χ0n) is 22.2.